The number of carbonyl (C=O) groups excluding carboxylic acids is 3. The Morgan fingerprint density at radius 1 is 1.07 bits per heavy atom. The van der Waals surface area contributed by atoms with Crippen LogP contribution >= 0.6 is 11.6 Å². The third-order valence-corrected chi connectivity index (χ3v) is 4.52. The maximum absolute atomic E-state index is 12.3. The highest BCUT2D eigenvalue weighted by molar-refractivity contribution is 6.31. The topological polar surface area (TPSA) is 94.8 Å². The van der Waals surface area contributed by atoms with Crippen LogP contribution in [0.25, 0.3) is 11.0 Å². The van der Waals surface area contributed by atoms with Crippen LogP contribution in [0.5, 0.6) is 0 Å². The number of ether oxygens (including phenoxy) is 2. The Labute approximate surface area is 171 Å². The zero-order valence-electron chi connectivity index (χ0n) is 15.8. The van der Waals surface area contributed by atoms with Gasteiger partial charge in [0.1, 0.15) is 5.58 Å². The second-order valence-corrected chi connectivity index (χ2v) is 6.67. The quantitative estimate of drug-likeness (QED) is 0.617. The van der Waals surface area contributed by atoms with Gasteiger partial charge in [-0.1, -0.05) is 23.7 Å². The molecule has 0 unspecified atom stereocenters. The van der Waals surface area contributed by atoms with E-state index in [9.17, 15) is 14.4 Å². The smallest absolute Gasteiger partial charge is 0.375 e. The lowest BCUT2D eigenvalue weighted by atomic mass is 10.1. The molecule has 0 aliphatic heterocycles. The van der Waals surface area contributed by atoms with Crippen molar-refractivity contribution in [3.8, 4) is 0 Å². The number of benzene rings is 2. The van der Waals surface area contributed by atoms with Crippen molar-refractivity contribution < 1.29 is 28.3 Å². The summed E-state index contributed by atoms with van der Waals surface area (Å²) in [6.45, 7) is 1.49. The van der Waals surface area contributed by atoms with Gasteiger partial charge in [0.25, 0.3) is 5.91 Å². The molecule has 7 nitrogen and oxygen atoms in total. The minimum absolute atomic E-state index is 0.0356. The molecule has 0 saturated carbocycles. The first kappa shape index (κ1) is 20.4. The molecule has 0 radical (unpaired) electrons. The van der Waals surface area contributed by atoms with Crippen molar-refractivity contribution in [2.45, 2.75) is 13.5 Å². The molecule has 3 rings (SSSR count). The molecule has 150 valence electrons. The zero-order valence-corrected chi connectivity index (χ0v) is 16.5. The average molecular weight is 416 g/mol. The van der Waals surface area contributed by atoms with Gasteiger partial charge in [0.15, 0.2) is 6.61 Å². The molecule has 2 aromatic carbocycles. The number of aryl methyl sites for hydroxylation is 1. The maximum atomic E-state index is 12.3. The van der Waals surface area contributed by atoms with E-state index in [2.05, 4.69) is 10.1 Å². The summed E-state index contributed by atoms with van der Waals surface area (Å²) in [5, 5.41) is 3.88. The summed E-state index contributed by atoms with van der Waals surface area (Å²) in [7, 11) is 1.31. The fourth-order valence-electron chi connectivity index (χ4n) is 2.71. The standard InChI is InChI=1S/C21H18ClNO6/c1-12-16-9-15(22)7-8-17(16)29-19(12)21(26)28-11-18(24)23-10-13-3-5-14(6-4-13)20(25)27-2/h3-9H,10-11H2,1-2H3,(H,23,24). The Morgan fingerprint density at radius 3 is 2.48 bits per heavy atom. The van der Waals surface area contributed by atoms with E-state index in [0.717, 1.165) is 5.56 Å². The van der Waals surface area contributed by atoms with Crippen LogP contribution in [-0.2, 0) is 20.8 Å². The summed E-state index contributed by atoms with van der Waals surface area (Å²) in [5.74, 6) is -1.59. The number of fused-ring (bicyclic) bond motifs is 1. The Kier molecular flexibility index (Phi) is 6.19. The molecule has 1 aromatic heterocycles. The van der Waals surface area contributed by atoms with E-state index in [0.29, 0.717) is 27.1 Å². The van der Waals surface area contributed by atoms with Crippen molar-refractivity contribution in [2.75, 3.05) is 13.7 Å². The molecule has 29 heavy (non-hydrogen) atoms. The largest absolute Gasteiger partial charge is 0.465 e. The first-order chi connectivity index (χ1) is 13.9. The van der Waals surface area contributed by atoms with Gasteiger partial charge in [0.05, 0.1) is 12.7 Å². The second kappa shape index (κ2) is 8.79. The van der Waals surface area contributed by atoms with Crippen LogP contribution in [0.1, 0.15) is 32.0 Å². The number of amides is 1. The number of esters is 2. The molecule has 3 aromatic rings. The summed E-state index contributed by atoms with van der Waals surface area (Å²) in [4.78, 5) is 35.6. The van der Waals surface area contributed by atoms with Crippen LogP contribution < -0.4 is 5.32 Å². The molecule has 1 heterocycles. The van der Waals surface area contributed by atoms with Crippen molar-refractivity contribution in [3.63, 3.8) is 0 Å². The number of hydrogen-bond acceptors (Lipinski definition) is 6. The minimum Gasteiger partial charge on any atom is -0.465 e. The van der Waals surface area contributed by atoms with Gasteiger partial charge in [-0.15, -0.1) is 0 Å². The third-order valence-electron chi connectivity index (χ3n) is 4.28. The van der Waals surface area contributed by atoms with Crippen molar-refractivity contribution in [1.29, 1.82) is 0 Å². The number of rotatable bonds is 6. The summed E-state index contributed by atoms with van der Waals surface area (Å²) < 4.78 is 15.2. The molecular weight excluding hydrogens is 398 g/mol. The van der Waals surface area contributed by atoms with Crippen molar-refractivity contribution in [2.24, 2.45) is 0 Å². The Hall–Kier alpha value is -3.32. The summed E-state index contributed by atoms with van der Waals surface area (Å²) in [6, 6.07) is 11.6. The van der Waals surface area contributed by atoms with Gasteiger partial charge in [-0.25, -0.2) is 9.59 Å². The van der Waals surface area contributed by atoms with Crippen LogP contribution in [0.4, 0.5) is 0 Å². The molecule has 0 spiro atoms. The minimum atomic E-state index is -0.729. The number of furan rings is 1. The molecule has 0 saturated heterocycles. The molecule has 0 atom stereocenters. The van der Waals surface area contributed by atoms with Gasteiger partial charge >= 0.3 is 11.9 Å². The van der Waals surface area contributed by atoms with Crippen LogP contribution in [0, 0.1) is 6.92 Å². The number of nitrogens with one attached hydrogen (secondary N) is 1. The highest BCUT2D eigenvalue weighted by Crippen LogP contribution is 2.28. The van der Waals surface area contributed by atoms with Crippen LogP contribution in [0.3, 0.4) is 0 Å². The fraction of sp³-hybridized carbons (Fsp3) is 0.190. The van der Waals surface area contributed by atoms with E-state index in [4.69, 9.17) is 20.8 Å². The fourth-order valence-corrected chi connectivity index (χ4v) is 2.88. The SMILES string of the molecule is COC(=O)c1ccc(CNC(=O)COC(=O)c2oc3ccc(Cl)cc3c2C)cc1. The van der Waals surface area contributed by atoms with Gasteiger partial charge < -0.3 is 19.2 Å². The average Bonchev–Trinajstić information content (AvgIpc) is 3.06. The first-order valence-corrected chi connectivity index (χ1v) is 9.06. The van der Waals surface area contributed by atoms with Crippen LogP contribution in [0.2, 0.25) is 5.02 Å². The van der Waals surface area contributed by atoms with E-state index in [1.807, 2.05) is 0 Å². The third kappa shape index (κ3) is 4.75. The predicted octanol–water partition coefficient (Wildman–Crippen LogP) is 3.65. The lowest BCUT2D eigenvalue weighted by Crippen LogP contribution is -2.28. The summed E-state index contributed by atoms with van der Waals surface area (Å²) in [5.41, 5.74) is 2.30. The first-order valence-electron chi connectivity index (χ1n) is 8.68. The van der Waals surface area contributed by atoms with Crippen LogP contribution in [0.15, 0.2) is 46.9 Å². The van der Waals surface area contributed by atoms with E-state index in [1.165, 1.54) is 7.11 Å². The van der Waals surface area contributed by atoms with Gasteiger partial charge in [0.2, 0.25) is 5.76 Å². The van der Waals surface area contributed by atoms with E-state index in [1.54, 1.807) is 49.4 Å². The van der Waals surface area contributed by atoms with Crippen LogP contribution in [-0.4, -0.2) is 31.6 Å². The molecule has 1 amide bonds. The van der Waals surface area contributed by atoms with Crippen molar-refractivity contribution in [1.82, 2.24) is 5.32 Å². The number of hydrogen-bond donors (Lipinski definition) is 1. The van der Waals surface area contributed by atoms with Gasteiger partial charge in [-0.2, -0.15) is 0 Å². The van der Waals surface area contributed by atoms with E-state index in [-0.39, 0.29) is 12.3 Å². The molecule has 0 fully saturated rings. The Morgan fingerprint density at radius 2 is 1.79 bits per heavy atom. The molecule has 0 aliphatic carbocycles. The molecule has 1 N–H and O–H groups in total. The number of methoxy groups -OCH3 is 1. The van der Waals surface area contributed by atoms with Gasteiger partial charge in [-0.3, -0.25) is 4.79 Å². The zero-order chi connectivity index (χ0) is 21.0. The molecular formula is C21H18ClNO6. The lowest BCUT2D eigenvalue weighted by Gasteiger charge is -2.07. The summed E-state index contributed by atoms with van der Waals surface area (Å²) in [6.07, 6.45) is 0. The van der Waals surface area contributed by atoms with E-state index < -0.39 is 24.5 Å². The van der Waals surface area contributed by atoms with Gasteiger partial charge in [-0.05, 0) is 42.8 Å². The second-order valence-electron chi connectivity index (χ2n) is 6.24. The van der Waals surface area contributed by atoms with E-state index >= 15 is 0 Å². The Balaban J connectivity index is 1.53. The highest BCUT2D eigenvalue weighted by Gasteiger charge is 2.20. The monoisotopic (exact) mass is 415 g/mol. The highest BCUT2D eigenvalue weighted by atomic mass is 35.5. The number of carbonyl (C=O) groups is 3. The number of halogens is 1. The Bertz CT molecular complexity index is 1070. The molecule has 0 bridgehead atoms. The summed E-state index contributed by atoms with van der Waals surface area (Å²) >= 11 is 5.97. The van der Waals surface area contributed by atoms with Gasteiger partial charge in [0, 0.05) is 22.5 Å². The molecule has 0 aliphatic rings. The van der Waals surface area contributed by atoms with Crippen molar-refractivity contribution in [3.05, 3.63) is 69.9 Å². The van der Waals surface area contributed by atoms with Crippen molar-refractivity contribution >= 4 is 40.4 Å². The normalized spacial score (nSPS) is 10.6. The molecule has 8 heteroatoms. The predicted molar refractivity (Wildman–Crippen MR) is 106 cm³/mol. The maximum Gasteiger partial charge on any atom is 0.375 e. The lowest BCUT2D eigenvalue weighted by molar-refractivity contribution is -0.124.